The predicted molar refractivity (Wildman–Crippen MR) is 133 cm³/mol. The number of hydrogen-bond acceptors (Lipinski definition) is 6. The van der Waals surface area contributed by atoms with Crippen molar-refractivity contribution < 1.29 is 18.7 Å². The molecular weight excluding hydrogens is 477 g/mol. The molecule has 2 aromatic heterocycles. The zero-order chi connectivity index (χ0) is 26.0. The Kier molecular flexibility index (Phi) is 6.58. The van der Waals surface area contributed by atoms with Gasteiger partial charge in [-0.2, -0.15) is 5.10 Å². The Bertz CT molecular complexity index is 1480. The molecule has 2 N–H and O–H groups in total. The Morgan fingerprint density at radius 1 is 1.22 bits per heavy atom. The van der Waals surface area contributed by atoms with E-state index in [4.69, 9.17) is 9.47 Å². The van der Waals surface area contributed by atoms with Gasteiger partial charge in [-0.05, 0) is 43.2 Å². The van der Waals surface area contributed by atoms with Crippen LogP contribution >= 0.6 is 0 Å². The first kappa shape index (κ1) is 24.4. The van der Waals surface area contributed by atoms with Crippen molar-refractivity contribution in [3.63, 3.8) is 0 Å². The number of benzene rings is 2. The molecule has 0 spiro atoms. The molecule has 0 radical (unpaired) electrons. The third kappa shape index (κ3) is 5.01. The van der Waals surface area contributed by atoms with Crippen molar-refractivity contribution in [3.8, 4) is 17.0 Å². The van der Waals surface area contributed by atoms with Crippen LogP contribution in [-0.4, -0.2) is 32.3 Å². The zero-order valence-corrected chi connectivity index (χ0v) is 20.5. The molecule has 190 valence electrons. The minimum Gasteiger partial charge on any atom is -0.481 e. The predicted octanol–water partition coefficient (Wildman–Crippen LogP) is 3.55. The van der Waals surface area contributed by atoms with Gasteiger partial charge >= 0.3 is 0 Å². The van der Waals surface area contributed by atoms with E-state index < -0.39 is 22.9 Å². The summed E-state index contributed by atoms with van der Waals surface area (Å²) in [6.07, 6.45) is 1.56. The number of nitrogens with one attached hydrogen (secondary N) is 2. The van der Waals surface area contributed by atoms with E-state index in [1.165, 1.54) is 16.7 Å². The lowest BCUT2D eigenvalue weighted by Gasteiger charge is -2.32. The van der Waals surface area contributed by atoms with Crippen LogP contribution in [0.3, 0.4) is 0 Å². The molecule has 9 nitrogen and oxygen atoms in total. The number of ether oxygens (including phenoxy) is 2. The zero-order valence-electron chi connectivity index (χ0n) is 20.5. The highest BCUT2D eigenvalue weighted by molar-refractivity contribution is 5.95. The van der Waals surface area contributed by atoms with Crippen molar-refractivity contribution in [3.05, 3.63) is 99.6 Å². The van der Waals surface area contributed by atoms with Gasteiger partial charge in [-0.1, -0.05) is 36.4 Å². The second kappa shape index (κ2) is 9.98. The SMILES string of the molecule is CC1(C)OCCn2c1nc(C(=O)NCc1ccc(F)cc1-c1ccn[nH]1)c(OCc1ccccc1)c2=O. The van der Waals surface area contributed by atoms with Crippen molar-refractivity contribution in [2.24, 2.45) is 0 Å². The fourth-order valence-corrected chi connectivity index (χ4v) is 4.29. The van der Waals surface area contributed by atoms with E-state index in [0.29, 0.717) is 35.8 Å². The Labute approximate surface area is 212 Å². The number of nitrogens with zero attached hydrogens (tertiary/aromatic N) is 3. The first-order chi connectivity index (χ1) is 17.8. The van der Waals surface area contributed by atoms with Crippen LogP contribution in [0.15, 0.2) is 65.6 Å². The summed E-state index contributed by atoms with van der Waals surface area (Å²) in [6.45, 7) is 4.39. The van der Waals surface area contributed by atoms with E-state index in [1.54, 1.807) is 32.2 Å². The van der Waals surface area contributed by atoms with E-state index in [0.717, 1.165) is 5.56 Å². The summed E-state index contributed by atoms with van der Waals surface area (Å²) in [5, 5.41) is 9.55. The van der Waals surface area contributed by atoms with E-state index in [1.807, 2.05) is 30.3 Å². The van der Waals surface area contributed by atoms with Gasteiger partial charge in [0.2, 0.25) is 5.75 Å². The van der Waals surface area contributed by atoms with Gasteiger partial charge in [-0.15, -0.1) is 0 Å². The summed E-state index contributed by atoms with van der Waals surface area (Å²) in [5.41, 5.74) is 1.23. The molecule has 1 aliphatic heterocycles. The van der Waals surface area contributed by atoms with Crippen LogP contribution in [0.5, 0.6) is 5.75 Å². The minimum atomic E-state index is -0.866. The van der Waals surface area contributed by atoms with Gasteiger partial charge in [0, 0.05) is 18.3 Å². The lowest BCUT2D eigenvalue weighted by Crippen LogP contribution is -2.43. The van der Waals surface area contributed by atoms with Crippen LogP contribution in [-0.2, 0) is 30.0 Å². The highest BCUT2D eigenvalue weighted by Gasteiger charge is 2.35. The molecule has 1 aliphatic rings. The number of carbonyl (C=O) groups excluding carboxylic acids is 1. The number of aromatic nitrogens is 4. The lowest BCUT2D eigenvalue weighted by molar-refractivity contribution is -0.0567. The topological polar surface area (TPSA) is 111 Å². The molecule has 4 aromatic rings. The molecule has 0 aliphatic carbocycles. The molecule has 1 amide bonds. The highest BCUT2D eigenvalue weighted by atomic mass is 19.1. The Morgan fingerprint density at radius 2 is 2.03 bits per heavy atom. The normalized spacial score (nSPS) is 14.1. The molecule has 0 saturated carbocycles. The molecule has 0 unspecified atom stereocenters. The van der Waals surface area contributed by atoms with Gasteiger partial charge in [0.1, 0.15) is 23.8 Å². The largest absolute Gasteiger partial charge is 0.481 e. The molecule has 3 heterocycles. The molecule has 0 bridgehead atoms. The second-order valence-corrected chi connectivity index (χ2v) is 9.16. The Balaban J connectivity index is 1.48. The Hall–Kier alpha value is -4.31. The number of hydrogen-bond donors (Lipinski definition) is 2. The molecule has 0 fully saturated rings. The molecular formula is C27H26FN5O4. The van der Waals surface area contributed by atoms with Crippen molar-refractivity contribution in [2.45, 2.75) is 39.1 Å². The maximum Gasteiger partial charge on any atom is 0.296 e. The van der Waals surface area contributed by atoms with Gasteiger partial charge in [-0.3, -0.25) is 19.3 Å². The molecule has 2 aromatic carbocycles. The summed E-state index contributed by atoms with van der Waals surface area (Å²) >= 11 is 0. The molecule has 10 heteroatoms. The summed E-state index contributed by atoms with van der Waals surface area (Å²) in [7, 11) is 0. The van der Waals surface area contributed by atoms with Crippen molar-refractivity contribution >= 4 is 5.91 Å². The van der Waals surface area contributed by atoms with Crippen LogP contribution in [0.25, 0.3) is 11.3 Å². The maximum absolute atomic E-state index is 14.0. The molecule has 5 rings (SSSR count). The number of rotatable bonds is 7. The average Bonchev–Trinajstić information content (AvgIpc) is 3.43. The second-order valence-electron chi connectivity index (χ2n) is 9.16. The maximum atomic E-state index is 14.0. The van der Waals surface area contributed by atoms with Gasteiger partial charge < -0.3 is 14.8 Å². The molecule has 0 atom stereocenters. The van der Waals surface area contributed by atoms with Gasteiger partial charge in [0.25, 0.3) is 11.5 Å². The van der Waals surface area contributed by atoms with Gasteiger partial charge in [0.05, 0.1) is 18.8 Å². The van der Waals surface area contributed by atoms with Crippen molar-refractivity contribution in [1.82, 2.24) is 25.1 Å². The van der Waals surface area contributed by atoms with E-state index in [2.05, 4.69) is 20.5 Å². The van der Waals surface area contributed by atoms with E-state index in [-0.39, 0.29) is 24.6 Å². The van der Waals surface area contributed by atoms with Gasteiger partial charge in [0.15, 0.2) is 5.69 Å². The fraction of sp³-hybridized carbons (Fsp3) is 0.259. The number of carbonyl (C=O) groups is 1. The van der Waals surface area contributed by atoms with E-state index >= 15 is 0 Å². The van der Waals surface area contributed by atoms with Crippen molar-refractivity contribution in [2.75, 3.05) is 6.61 Å². The standard InChI is InChI=1S/C27H26FN5O4/c1-27(2)26-31-22(23(25(35)33(26)12-13-37-27)36-16-17-6-4-3-5-7-17)24(34)29-15-18-8-9-19(28)14-20(18)21-10-11-30-32-21/h3-11,14H,12-13,15-16H2,1-2H3,(H,29,34)(H,30,32). The Morgan fingerprint density at radius 3 is 2.78 bits per heavy atom. The summed E-state index contributed by atoms with van der Waals surface area (Å²) in [5.74, 6) is -0.788. The number of aromatic amines is 1. The van der Waals surface area contributed by atoms with Crippen LogP contribution in [0, 0.1) is 5.82 Å². The summed E-state index contributed by atoms with van der Waals surface area (Å²) in [4.78, 5) is 31.5. The molecule has 37 heavy (non-hydrogen) atoms. The number of amides is 1. The quantitative estimate of drug-likeness (QED) is 0.399. The van der Waals surface area contributed by atoms with Crippen LogP contribution < -0.4 is 15.6 Å². The highest BCUT2D eigenvalue weighted by Crippen LogP contribution is 2.28. The lowest BCUT2D eigenvalue weighted by atomic mass is 10.0. The first-order valence-electron chi connectivity index (χ1n) is 11.9. The van der Waals surface area contributed by atoms with Crippen LogP contribution in [0.1, 0.15) is 41.3 Å². The third-order valence-electron chi connectivity index (χ3n) is 6.19. The van der Waals surface area contributed by atoms with Crippen LogP contribution in [0.2, 0.25) is 0 Å². The minimum absolute atomic E-state index is 0.0611. The van der Waals surface area contributed by atoms with Crippen LogP contribution in [0.4, 0.5) is 4.39 Å². The number of fused-ring (bicyclic) bond motifs is 1. The number of halogens is 1. The summed E-state index contributed by atoms with van der Waals surface area (Å²) < 4.78 is 27.2. The number of H-pyrrole nitrogens is 1. The molecule has 0 saturated heterocycles. The van der Waals surface area contributed by atoms with Crippen molar-refractivity contribution in [1.29, 1.82) is 0 Å². The van der Waals surface area contributed by atoms with E-state index in [9.17, 15) is 14.0 Å². The van der Waals surface area contributed by atoms with Gasteiger partial charge in [-0.25, -0.2) is 9.37 Å². The average molecular weight is 504 g/mol. The third-order valence-corrected chi connectivity index (χ3v) is 6.19. The summed E-state index contributed by atoms with van der Waals surface area (Å²) in [6, 6.07) is 15.3. The first-order valence-corrected chi connectivity index (χ1v) is 11.9. The monoisotopic (exact) mass is 503 g/mol. The fourth-order valence-electron chi connectivity index (χ4n) is 4.29. The smallest absolute Gasteiger partial charge is 0.296 e.